The lowest BCUT2D eigenvalue weighted by Crippen LogP contribution is -2.27. The second kappa shape index (κ2) is 5.30. The minimum Gasteiger partial charge on any atom is -0.357 e. The van der Waals surface area contributed by atoms with E-state index in [4.69, 9.17) is 0 Å². The minimum atomic E-state index is -0.780. The Bertz CT molecular complexity index is 840. The molecule has 1 aromatic carbocycles. The van der Waals surface area contributed by atoms with Gasteiger partial charge in [-0.25, -0.2) is 0 Å². The molecule has 0 saturated carbocycles. The maximum atomic E-state index is 12.0. The summed E-state index contributed by atoms with van der Waals surface area (Å²) in [5.41, 5.74) is -2.13. The number of non-ortho nitro benzene ring substituents is 2. The number of nitro benzene ring substituents is 2. The fraction of sp³-hybridized carbons (Fsp3) is 0.333. The molecule has 1 N–H and O–H groups in total. The van der Waals surface area contributed by atoms with Gasteiger partial charge in [-0.15, -0.1) is 0 Å². The van der Waals surface area contributed by atoms with Gasteiger partial charge in [-0.05, 0) is 20.8 Å². The number of fused-ring (bicyclic) bond motifs is 1. The Morgan fingerprint density at radius 2 is 1.82 bits per heavy atom. The highest BCUT2D eigenvalue weighted by Crippen LogP contribution is 2.34. The Morgan fingerprint density at radius 1 is 1.18 bits per heavy atom. The molecule has 0 saturated heterocycles. The second-order valence-corrected chi connectivity index (χ2v) is 6.55. The number of hydrogen-bond acceptors (Lipinski definition) is 8. The largest absolute Gasteiger partial charge is 0.357 e. The van der Waals surface area contributed by atoms with E-state index >= 15 is 0 Å². The molecule has 0 spiro atoms. The summed E-state index contributed by atoms with van der Waals surface area (Å²) in [7, 11) is 0. The molecule has 0 aliphatic carbocycles. The van der Waals surface area contributed by atoms with E-state index in [0.717, 1.165) is 23.5 Å². The molecule has 0 fully saturated rings. The zero-order valence-electron chi connectivity index (χ0n) is 11.9. The van der Waals surface area contributed by atoms with Crippen molar-refractivity contribution in [2.24, 2.45) is 0 Å². The van der Waals surface area contributed by atoms with Crippen LogP contribution < -0.4 is 10.9 Å². The van der Waals surface area contributed by atoms with Crippen LogP contribution in [0.15, 0.2) is 16.9 Å². The zero-order valence-corrected chi connectivity index (χ0v) is 12.8. The molecule has 2 aromatic rings. The highest BCUT2D eigenvalue weighted by Gasteiger charge is 2.23. The molecule has 0 radical (unpaired) electrons. The summed E-state index contributed by atoms with van der Waals surface area (Å²) in [6.45, 7) is 5.54. The number of nitro groups is 2. The summed E-state index contributed by atoms with van der Waals surface area (Å²) in [5.74, 6) is 0. The highest BCUT2D eigenvalue weighted by molar-refractivity contribution is 7.22. The first-order chi connectivity index (χ1) is 10.1. The van der Waals surface area contributed by atoms with Crippen molar-refractivity contribution < 1.29 is 9.85 Å². The van der Waals surface area contributed by atoms with Crippen LogP contribution >= 0.6 is 11.3 Å². The van der Waals surface area contributed by atoms with Crippen molar-refractivity contribution in [2.45, 2.75) is 26.3 Å². The predicted molar refractivity (Wildman–Crippen MR) is 82.6 cm³/mol. The normalized spacial score (nSPS) is 11.4. The van der Waals surface area contributed by atoms with Gasteiger partial charge < -0.3 is 5.32 Å². The number of aromatic nitrogens is 1. The maximum absolute atomic E-state index is 12.0. The van der Waals surface area contributed by atoms with Gasteiger partial charge in [-0.1, -0.05) is 11.3 Å². The van der Waals surface area contributed by atoms with E-state index in [1.54, 1.807) is 0 Å². The van der Waals surface area contributed by atoms with Gasteiger partial charge in [0.2, 0.25) is 0 Å². The summed E-state index contributed by atoms with van der Waals surface area (Å²) in [6, 6.07) is 1.86. The van der Waals surface area contributed by atoms with Crippen LogP contribution in [0, 0.1) is 20.2 Å². The number of benzene rings is 1. The molecule has 22 heavy (non-hydrogen) atoms. The molecule has 0 atom stereocenters. The van der Waals surface area contributed by atoms with Gasteiger partial charge in [-0.2, -0.15) is 4.98 Å². The van der Waals surface area contributed by atoms with Gasteiger partial charge in [0.15, 0.2) is 5.13 Å². The zero-order chi connectivity index (χ0) is 16.7. The Labute approximate surface area is 127 Å². The summed E-state index contributed by atoms with van der Waals surface area (Å²) in [5, 5.41) is 25.0. The van der Waals surface area contributed by atoms with Crippen molar-refractivity contribution in [3.63, 3.8) is 0 Å². The third-order valence-corrected chi connectivity index (χ3v) is 3.60. The van der Waals surface area contributed by atoms with Crippen LogP contribution in [0.4, 0.5) is 16.5 Å². The van der Waals surface area contributed by atoms with Crippen LogP contribution in [-0.2, 0) is 0 Å². The quantitative estimate of drug-likeness (QED) is 0.678. The first-order valence-corrected chi connectivity index (χ1v) is 6.96. The molecule has 0 amide bonds. The molecule has 0 aliphatic rings. The Morgan fingerprint density at radius 3 is 2.32 bits per heavy atom. The minimum absolute atomic E-state index is 0.0577. The van der Waals surface area contributed by atoms with Gasteiger partial charge in [0, 0.05) is 11.6 Å². The van der Waals surface area contributed by atoms with E-state index in [1.165, 1.54) is 0 Å². The average Bonchev–Trinajstić information content (AvgIpc) is 2.35. The lowest BCUT2D eigenvalue weighted by molar-refractivity contribution is -0.392. The van der Waals surface area contributed by atoms with Crippen LogP contribution in [-0.4, -0.2) is 20.4 Å². The molecular formula is C12H12N4O5S. The number of nitrogens with one attached hydrogen (secondary N) is 1. The number of hydrogen-bond donors (Lipinski definition) is 1. The molecule has 0 unspecified atom stereocenters. The molecule has 0 bridgehead atoms. The molecule has 2 rings (SSSR count). The molecular weight excluding hydrogens is 312 g/mol. The smallest absolute Gasteiger partial charge is 0.294 e. The lowest BCUT2D eigenvalue weighted by atomic mass is 10.1. The standard InChI is InChI=1S/C12H12N4O5S/c1-12(2,3)14-11-13-10(17)7-4-6(15(18)19)5-8(16(20)21)9(7)22-11/h4-5H,1-3H3,(H,13,14,17). The van der Waals surface area contributed by atoms with E-state index in [2.05, 4.69) is 10.3 Å². The molecule has 10 heteroatoms. The van der Waals surface area contributed by atoms with Crippen LogP contribution in [0.3, 0.4) is 0 Å². The van der Waals surface area contributed by atoms with Crippen molar-refractivity contribution in [3.05, 3.63) is 42.7 Å². The maximum Gasteiger partial charge on any atom is 0.294 e. The Balaban J connectivity index is 2.80. The van der Waals surface area contributed by atoms with Crippen molar-refractivity contribution in [1.82, 2.24) is 4.98 Å². The summed E-state index contributed by atoms with van der Waals surface area (Å²) < 4.78 is 0.0577. The average molecular weight is 324 g/mol. The van der Waals surface area contributed by atoms with Crippen LogP contribution in [0.25, 0.3) is 10.1 Å². The van der Waals surface area contributed by atoms with Gasteiger partial charge in [0.1, 0.15) is 4.70 Å². The van der Waals surface area contributed by atoms with E-state index in [0.29, 0.717) is 0 Å². The third-order valence-electron chi connectivity index (χ3n) is 2.58. The van der Waals surface area contributed by atoms with E-state index < -0.39 is 26.8 Å². The number of rotatable bonds is 3. The molecule has 9 nitrogen and oxygen atoms in total. The SMILES string of the molecule is CC(C)(C)Nc1nc(=O)c2cc([N+](=O)[O-])cc([N+](=O)[O-])c2s1. The lowest BCUT2D eigenvalue weighted by Gasteiger charge is -2.20. The second-order valence-electron chi connectivity index (χ2n) is 5.55. The summed E-state index contributed by atoms with van der Waals surface area (Å²) in [6.07, 6.45) is 0. The molecule has 1 aromatic heterocycles. The van der Waals surface area contributed by atoms with Crippen LogP contribution in [0.2, 0.25) is 0 Å². The van der Waals surface area contributed by atoms with Crippen molar-refractivity contribution >= 4 is 37.9 Å². The Hall–Kier alpha value is -2.62. The third kappa shape index (κ3) is 3.17. The highest BCUT2D eigenvalue weighted by atomic mass is 32.1. The Kier molecular flexibility index (Phi) is 3.79. The first-order valence-electron chi connectivity index (χ1n) is 6.14. The fourth-order valence-corrected chi connectivity index (χ4v) is 2.93. The van der Waals surface area contributed by atoms with Crippen molar-refractivity contribution in [1.29, 1.82) is 0 Å². The van der Waals surface area contributed by atoms with Crippen molar-refractivity contribution in [2.75, 3.05) is 5.32 Å². The molecule has 0 aliphatic heterocycles. The molecule has 1 heterocycles. The molecule has 116 valence electrons. The van der Waals surface area contributed by atoms with Gasteiger partial charge in [0.05, 0.1) is 21.3 Å². The van der Waals surface area contributed by atoms with Gasteiger partial charge in [-0.3, -0.25) is 25.0 Å². The monoisotopic (exact) mass is 324 g/mol. The number of anilines is 1. The number of nitrogens with zero attached hydrogens (tertiary/aromatic N) is 3. The van der Waals surface area contributed by atoms with Gasteiger partial charge >= 0.3 is 0 Å². The summed E-state index contributed by atoms with van der Waals surface area (Å²) >= 11 is 0.917. The van der Waals surface area contributed by atoms with E-state index in [1.807, 2.05) is 20.8 Å². The van der Waals surface area contributed by atoms with E-state index in [9.17, 15) is 25.0 Å². The van der Waals surface area contributed by atoms with E-state index in [-0.39, 0.29) is 20.8 Å². The van der Waals surface area contributed by atoms with Crippen LogP contribution in [0.5, 0.6) is 0 Å². The topological polar surface area (TPSA) is 128 Å². The van der Waals surface area contributed by atoms with Gasteiger partial charge in [0.25, 0.3) is 16.9 Å². The summed E-state index contributed by atoms with van der Waals surface area (Å²) in [4.78, 5) is 36.3. The van der Waals surface area contributed by atoms with Crippen molar-refractivity contribution in [3.8, 4) is 0 Å². The fourth-order valence-electron chi connectivity index (χ4n) is 1.75. The predicted octanol–water partition coefficient (Wildman–Crippen LogP) is 2.68. The first kappa shape index (κ1) is 15.8. The van der Waals surface area contributed by atoms with Crippen LogP contribution in [0.1, 0.15) is 20.8 Å².